The summed E-state index contributed by atoms with van der Waals surface area (Å²) in [5.74, 6) is 3.45. The van der Waals surface area contributed by atoms with Gasteiger partial charge in [0.1, 0.15) is 0 Å². The van der Waals surface area contributed by atoms with E-state index < -0.39 is 0 Å². The quantitative estimate of drug-likeness (QED) is 0.858. The van der Waals surface area contributed by atoms with Gasteiger partial charge in [-0.15, -0.1) is 0 Å². The van der Waals surface area contributed by atoms with Crippen LogP contribution in [0.3, 0.4) is 0 Å². The van der Waals surface area contributed by atoms with E-state index in [2.05, 4.69) is 35.3 Å². The Balaban J connectivity index is 1.53. The Morgan fingerprint density at radius 2 is 2.06 bits per heavy atom. The van der Waals surface area contributed by atoms with Crippen molar-refractivity contribution in [3.8, 4) is 0 Å². The minimum absolute atomic E-state index is 0.930. The molecule has 0 amide bonds. The summed E-state index contributed by atoms with van der Waals surface area (Å²) in [7, 11) is 0. The number of aryl methyl sites for hydroxylation is 2. The molecule has 1 heterocycles. The van der Waals surface area contributed by atoms with Crippen molar-refractivity contribution in [3.63, 3.8) is 0 Å². The van der Waals surface area contributed by atoms with Gasteiger partial charge in [-0.25, -0.2) is 0 Å². The Morgan fingerprint density at radius 3 is 2.88 bits per heavy atom. The lowest BCUT2D eigenvalue weighted by molar-refractivity contribution is 0.385. The van der Waals surface area contributed by atoms with Gasteiger partial charge in [-0.2, -0.15) is 11.8 Å². The summed E-state index contributed by atoms with van der Waals surface area (Å²) >= 11 is 2.10. The molecule has 0 saturated carbocycles. The van der Waals surface area contributed by atoms with Crippen LogP contribution in [0.1, 0.15) is 23.1 Å². The predicted molar refractivity (Wildman–Crippen MR) is 71.0 cm³/mol. The van der Waals surface area contributed by atoms with Crippen molar-refractivity contribution in [1.29, 1.82) is 0 Å². The standard InChI is InChI=1S/C14H19NS/c1-2-13-5-4-11(6-14(13)3-1)9-16-10-12-7-15-8-12/h4-6,12,15H,1-3,7-10H2. The molecule has 16 heavy (non-hydrogen) atoms. The molecule has 1 nitrogen and oxygen atoms in total. The summed E-state index contributed by atoms with van der Waals surface area (Å²) in [6.07, 6.45) is 3.97. The Labute approximate surface area is 102 Å². The fraction of sp³-hybridized carbons (Fsp3) is 0.571. The minimum atomic E-state index is 0.930. The number of nitrogens with one attached hydrogen (secondary N) is 1. The Bertz CT molecular complexity index is 371. The average molecular weight is 233 g/mol. The molecule has 2 aliphatic rings. The van der Waals surface area contributed by atoms with E-state index in [9.17, 15) is 0 Å². The van der Waals surface area contributed by atoms with Gasteiger partial charge in [0.25, 0.3) is 0 Å². The zero-order valence-electron chi connectivity index (χ0n) is 9.67. The van der Waals surface area contributed by atoms with Crippen molar-refractivity contribution in [2.45, 2.75) is 25.0 Å². The summed E-state index contributed by atoms with van der Waals surface area (Å²) in [4.78, 5) is 0. The second-order valence-corrected chi connectivity index (χ2v) is 6.03. The van der Waals surface area contributed by atoms with Crippen LogP contribution in [-0.2, 0) is 18.6 Å². The number of hydrogen-bond donors (Lipinski definition) is 1. The molecule has 1 N–H and O–H groups in total. The fourth-order valence-electron chi connectivity index (χ4n) is 2.52. The molecule has 0 bridgehead atoms. The van der Waals surface area contributed by atoms with Crippen LogP contribution in [0.5, 0.6) is 0 Å². The monoisotopic (exact) mass is 233 g/mol. The molecule has 0 aromatic heterocycles. The first-order chi connectivity index (χ1) is 7.92. The number of benzene rings is 1. The molecule has 3 rings (SSSR count). The van der Waals surface area contributed by atoms with E-state index in [1.165, 1.54) is 49.4 Å². The zero-order valence-corrected chi connectivity index (χ0v) is 10.5. The van der Waals surface area contributed by atoms with Gasteiger partial charge in [0.15, 0.2) is 0 Å². The second kappa shape index (κ2) is 4.80. The highest BCUT2D eigenvalue weighted by Crippen LogP contribution is 2.25. The zero-order chi connectivity index (χ0) is 10.8. The van der Waals surface area contributed by atoms with Gasteiger partial charge >= 0.3 is 0 Å². The number of rotatable bonds is 4. The number of hydrogen-bond acceptors (Lipinski definition) is 2. The fourth-order valence-corrected chi connectivity index (χ4v) is 3.63. The molecule has 1 aliphatic carbocycles. The third-order valence-electron chi connectivity index (χ3n) is 3.65. The van der Waals surface area contributed by atoms with E-state index in [1.54, 1.807) is 11.1 Å². The molecule has 1 aromatic rings. The van der Waals surface area contributed by atoms with Crippen molar-refractivity contribution in [3.05, 3.63) is 34.9 Å². The van der Waals surface area contributed by atoms with Gasteiger partial charge in [-0.05, 0) is 60.7 Å². The summed E-state index contributed by atoms with van der Waals surface area (Å²) in [5, 5.41) is 3.33. The van der Waals surface area contributed by atoms with Crippen LogP contribution in [0.25, 0.3) is 0 Å². The van der Waals surface area contributed by atoms with Crippen molar-refractivity contribution in [2.24, 2.45) is 5.92 Å². The van der Waals surface area contributed by atoms with Crippen LogP contribution in [0.4, 0.5) is 0 Å². The maximum atomic E-state index is 3.33. The number of thioether (sulfide) groups is 1. The third kappa shape index (κ3) is 2.28. The first kappa shape index (κ1) is 10.7. The smallest absolute Gasteiger partial charge is 0.0184 e. The lowest BCUT2D eigenvalue weighted by atomic mass is 10.1. The first-order valence-electron chi connectivity index (χ1n) is 6.31. The molecule has 0 unspecified atom stereocenters. The van der Waals surface area contributed by atoms with Crippen molar-refractivity contribution < 1.29 is 0 Å². The highest BCUT2D eigenvalue weighted by molar-refractivity contribution is 7.98. The molecule has 1 aromatic carbocycles. The molecule has 1 saturated heterocycles. The lowest BCUT2D eigenvalue weighted by Crippen LogP contribution is -2.43. The maximum Gasteiger partial charge on any atom is 0.0184 e. The molecule has 1 fully saturated rings. The predicted octanol–water partition coefficient (Wildman–Crippen LogP) is 2.63. The third-order valence-corrected chi connectivity index (χ3v) is 4.90. The van der Waals surface area contributed by atoms with E-state index >= 15 is 0 Å². The van der Waals surface area contributed by atoms with E-state index in [4.69, 9.17) is 0 Å². The highest BCUT2D eigenvalue weighted by Gasteiger charge is 2.16. The average Bonchev–Trinajstić information content (AvgIpc) is 2.68. The van der Waals surface area contributed by atoms with Crippen LogP contribution in [0, 0.1) is 5.92 Å². The van der Waals surface area contributed by atoms with Crippen LogP contribution >= 0.6 is 11.8 Å². The van der Waals surface area contributed by atoms with E-state index in [1.807, 2.05) is 0 Å². The summed E-state index contributed by atoms with van der Waals surface area (Å²) in [5.41, 5.74) is 4.73. The van der Waals surface area contributed by atoms with Crippen molar-refractivity contribution in [2.75, 3.05) is 18.8 Å². The maximum absolute atomic E-state index is 3.33. The summed E-state index contributed by atoms with van der Waals surface area (Å²) < 4.78 is 0. The molecule has 86 valence electrons. The second-order valence-electron chi connectivity index (χ2n) is 5.00. The lowest BCUT2D eigenvalue weighted by Gasteiger charge is -2.26. The van der Waals surface area contributed by atoms with Gasteiger partial charge in [-0.3, -0.25) is 0 Å². The van der Waals surface area contributed by atoms with Gasteiger partial charge < -0.3 is 5.32 Å². The van der Waals surface area contributed by atoms with Crippen molar-refractivity contribution in [1.82, 2.24) is 5.32 Å². The molecular formula is C14H19NS. The van der Waals surface area contributed by atoms with Gasteiger partial charge in [0.05, 0.1) is 0 Å². The normalized spacial score (nSPS) is 19.5. The molecule has 0 radical (unpaired) electrons. The topological polar surface area (TPSA) is 12.0 Å². The van der Waals surface area contributed by atoms with E-state index in [0.29, 0.717) is 0 Å². The van der Waals surface area contributed by atoms with Crippen LogP contribution in [-0.4, -0.2) is 18.8 Å². The molecule has 1 aliphatic heterocycles. The molecule has 0 spiro atoms. The Morgan fingerprint density at radius 1 is 1.19 bits per heavy atom. The van der Waals surface area contributed by atoms with Crippen LogP contribution in [0.15, 0.2) is 18.2 Å². The Kier molecular flexibility index (Phi) is 3.20. The molecule has 2 heteroatoms. The van der Waals surface area contributed by atoms with Gasteiger partial charge in [-0.1, -0.05) is 18.2 Å². The Hall–Kier alpha value is -0.470. The van der Waals surface area contributed by atoms with Gasteiger partial charge in [0.2, 0.25) is 0 Å². The van der Waals surface area contributed by atoms with Crippen molar-refractivity contribution >= 4 is 11.8 Å². The highest BCUT2D eigenvalue weighted by atomic mass is 32.2. The summed E-state index contributed by atoms with van der Waals surface area (Å²) in [6, 6.07) is 7.12. The van der Waals surface area contributed by atoms with Crippen LogP contribution in [0.2, 0.25) is 0 Å². The first-order valence-corrected chi connectivity index (χ1v) is 7.46. The largest absolute Gasteiger partial charge is 0.316 e. The SMILES string of the molecule is c1cc2c(cc1CSCC1CNC1)CCC2. The molecule has 0 atom stereocenters. The summed E-state index contributed by atoms with van der Waals surface area (Å²) in [6.45, 7) is 2.47. The number of fused-ring (bicyclic) bond motifs is 1. The van der Waals surface area contributed by atoms with E-state index in [-0.39, 0.29) is 0 Å². The van der Waals surface area contributed by atoms with E-state index in [0.717, 1.165) is 5.92 Å². The molecular weight excluding hydrogens is 214 g/mol. The van der Waals surface area contributed by atoms with Crippen LogP contribution < -0.4 is 5.32 Å². The van der Waals surface area contributed by atoms with Gasteiger partial charge in [0, 0.05) is 5.75 Å². The minimum Gasteiger partial charge on any atom is -0.316 e.